The van der Waals surface area contributed by atoms with E-state index in [0.29, 0.717) is 17.5 Å². The van der Waals surface area contributed by atoms with E-state index in [9.17, 15) is 8.42 Å². The maximum Gasteiger partial charge on any atom is 0.240 e. The van der Waals surface area contributed by atoms with E-state index in [4.69, 9.17) is 0 Å². The van der Waals surface area contributed by atoms with Gasteiger partial charge in [-0.05, 0) is 49.6 Å². The van der Waals surface area contributed by atoms with Crippen molar-refractivity contribution in [3.8, 4) is 0 Å². The molecule has 116 valence electrons. The van der Waals surface area contributed by atoms with Gasteiger partial charge in [-0.3, -0.25) is 0 Å². The summed E-state index contributed by atoms with van der Waals surface area (Å²) in [6.45, 7) is 1.27. The van der Waals surface area contributed by atoms with Gasteiger partial charge in [0.25, 0.3) is 0 Å². The van der Waals surface area contributed by atoms with Crippen LogP contribution in [0.3, 0.4) is 0 Å². The summed E-state index contributed by atoms with van der Waals surface area (Å²) in [6, 6.07) is 7.86. The molecule has 2 N–H and O–H groups in total. The quantitative estimate of drug-likeness (QED) is 0.768. The summed E-state index contributed by atoms with van der Waals surface area (Å²) < 4.78 is 27.7. The topological polar surface area (TPSA) is 58.2 Å². The molecule has 1 aromatic carbocycles. The Morgan fingerprint density at radius 3 is 2.71 bits per heavy atom. The van der Waals surface area contributed by atoms with E-state index >= 15 is 0 Å². The van der Waals surface area contributed by atoms with E-state index in [1.54, 1.807) is 23.9 Å². The van der Waals surface area contributed by atoms with Crippen LogP contribution in [0.25, 0.3) is 0 Å². The van der Waals surface area contributed by atoms with Crippen molar-refractivity contribution in [3.05, 3.63) is 29.8 Å². The molecule has 0 bridgehead atoms. The van der Waals surface area contributed by atoms with Crippen molar-refractivity contribution in [2.45, 2.75) is 47.9 Å². The Bertz CT molecular complexity index is 608. The SMILES string of the molecule is CSC1(CNS(=O)(=O)c2cccc(CNC3CC3)c2)CC1. The molecular weight excluding hydrogens is 304 g/mol. The molecule has 0 radical (unpaired) electrons. The first-order valence-corrected chi connectivity index (χ1v) is 10.1. The van der Waals surface area contributed by atoms with Crippen LogP contribution in [0.4, 0.5) is 0 Å². The summed E-state index contributed by atoms with van der Waals surface area (Å²) in [5.74, 6) is 0. The third-order valence-electron chi connectivity index (χ3n) is 4.21. The van der Waals surface area contributed by atoms with Crippen LogP contribution in [0, 0.1) is 0 Å². The highest BCUT2D eigenvalue weighted by atomic mass is 32.2. The number of thioether (sulfide) groups is 1. The molecular formula is C15H22N2O2S2. The van der Waals surface area contributed by atoms with Gasteiger partial charge in [-0.25, -0.2) is 13.1 Å². The zero-order valence-corrected chi connectivity index (χ0v) is 13.9. The zero-order valence-electron chi connectivity index (χ0n) is 12.3. The number of hydrogen-bond donors (Lipinski definition) is 2. The molecule has 21 heavy (non-hydrogen) atoms. The molecule has 0 atom stereocenters. The summed E-state index contributed by atoms with van der Waals surface area (Å²) in [4.78, 5) is 0.370. The lowest BCUT2D eigenvalue weighted by molar-refractivity contribution is 0.579. The van der Waals surface area contributed by atoms with Gasteiger partial charge in [0.05, 0.1) is 4.90 Å². The van der Waals surface area contributed by atoms with Crippen LogP contribution in [0.1, 0.15) is 31.2 Å². The Morgan fingerprint density at radius 1 is 1.33 bits per heavy atom. The molecule has 4 nitrogen and oxygen atoms in total. The van der Waals surface area contributed by atoms with Crippen molar-refractivity contribution in [2.24, 2.45) is 0 Å². The van der Waals surface area contributed by atoms with Gasteiger partial charge in [0.2, 0.25) is 10.0 Å². The van der Waals surface area contributed by atoms with Gasteiger partial charge in [-0.15, -0.1) is 0 Å². The number of sulfonamides is 1. The second-order valence-electron chi connectivity index (χ2n) is 6.01. The lowest BCUT2D eigenvalue weighted by Gasteiger charge is -2.14. The fourth-order valence-corrected chi connectivity index (χ4v) is 4.29. The van der Waals surface area contributed by atoms with E-state index in [1.807, 2.05) is 18.4 Å². The Labute approximate surface area is 131 Å². The first kappa shape index (κ1) is 15.3. The van der Waals surface area contributed by atoms with Gasteiger partial charge in [0, 0.05) is 23.9 Å². The summed E-state index contributed by atoms with van der Waals surface area (Å²) in [5, 5.41) is 3.41. The molecule has 0 aromatic heterocycles. The summed E-state index contributed by atoms with van der Waals surface area (Å²) >= 11 is 1.76. The molecule has 0 unspecified atom stereocenters. The molecule has 2 aliphatic carbocycles. The highest BCUT2D eigenvalue weighted by Crippen LogP contribution is 2.46. The lowest BCUT2D eigenvalue weighted by Crippen LogP contribution is -2.31. The van der Waals surface area contributed by atoms with Crippen molar-refractivity contribution in [3.63, 3.8) is 0 Å². The highest BCUT2D eigenvalue weighted by Gasteiger charge is 2.42. The first-order valence-electron chi connectivity index (χ1n) is 7.40. The summed E-state index contributed by atoms with van der Waals surface area (Å²) in [7, 11) is -3.40. The minimum absolute atomic E-state index is 0.137. The monoisotopic (exact) mass is 326 g/mol. The lowest BCUT2D eigenvalue weighted by atomic mass is 10.2. The van der Waals surface area contributed by atoms with Crippen LogP contribution >= 0.6 is 11.8 Å². The number of rotatable bonds is 8. The highest BCUT2D eigenvalue weighted by molar-refractivity contribution is 8.00. The van der Waals surface area contributed by atoms with Crippen LogP contribution in [-0.2, 0) is 16.6 Å². The normalized spacial score (nSPS) is 20.4. The number of benzene rings is 1. The van der Waals surface area contributed by atoms with Crippen LogP contribution in [-0.4, -0.2) is 32.0 Å². The fourth-order valence-electron chi connectivity index (χ4n) is 2.27. The van der Waals surface area contributed by atoms with Crippen molar-refractivity contribution in [1.82, 2.24) is 10.0 Å². The Kier molecular flexibility index (Phi) is 4.32. The molecule has 2 fully saturated rings. The smallest absolute Gasteiger partial charge is 0.240 e. The molecule has 2 aliphatic rings. The maximum atomic E-state index is 12.4. The van der Waals surface area contributed by atoms with Gasteiger partial charge < -0.3 is 5.32 Å². The van der Waals surface area contributed by atoms with Crippen LogP contribution in [0.5, 0.6) is 0 Å². The van der Waals surface area contributed by atoms with Crippen LogP contribution in [0.15, 0.2) is 29.2 Å². The fraction of sp³-hybridized carbons (Fsp3) is 0.600. The predicted molar refractivity (Wildman–Crippen MR) is 87.0 cm³/mol. The van der Waals surface area contributed by atoms with E-state index in [0.717, 1.165) is 24.9 Å². The van der Waals surface area contributed by atoms with E-state index < -0.39 is 10.0 Å². The molecule has 0 spiro atoms. The Balaban J connectivity index is 1.64. The molecule has 0 saturated heterocycles. The number of nitrogens with one attached hydrogen (secondary N) is 2. The van der Waals surface area contributed by atoms with Gasteiger partial charge in [-0.1, -0.05) is 12.1 Å². The molecule has 0 amide bonds. The maximum absolute atomic E-state index is 12.4. The molecule has 6 heteroatoms. The second-order valence-corrected chi connectivity index (χ2v) is 9.06. The van der Waals surface area contributed by atoms with E-state index in [1.165, 1.54) is 12.8 Å². The van der Waals surface area contributed by atoms with Gasteiger partial charge >= 0.3 is 0 Å². The summed E-state index contributed by atoms with van der Waals surface area (Å²) in [6.07, 6.45) is 6.71. The Hall–Kier alpha value is -0.560. The minimum atomic E-state index is -3.40. The average Bonchev–Trinajstić information content (AvgIpc) is 3.39. The molecule has 1 aromatic rings. The molecule has 0 aliphatic heterocycles. The van der Waals surface area contributed by atoms with Gasteiger partial charge in [0.15, 0.2) is 0 Å². The third-order valence-corrected chi connectivity index (χ3v) is 7.02. The molecule has 2 saturated carbocycles. The predicted octanol–water partition coefficient (Wildman–Crippen LogP) is 2.11. The standard InChI is InChI=1S/C15H22N2O2S2/c1-20-15(7-8-15)11-17-21(18,19)14-4-2-3-12(9-14)10-16-13-5-6-13/h2-4,9,13,16-17H,5-8,10-11H2,1H3. The second kappa shape index (κ2) is 5.91. The largest absolute Gasteiger partial charge is 0.310 e. The minimum Gasteiger partial charge on any atom is -0.310 e. The van der Waals surface area contributed by atoms with Gasteiger partial charge in [-0.2, -0.15) is 11.8 Å². The summed E-state index contributed by atoms with van der Waals surface area (Å²) in [5.41, 5.74) is 1.02. The van der Waals surface area contributed by atoms with Crippen LogP contribution in [0.2, 0.25) is 0 Å². The van der Waals surface area contributed by atoms with E-state index in [-0.39, 0.29) is 4.75 Å². The zero-order chi connectivity index (χ0) is 14.9. The van der Waals surface area contributed by atoms with Crippen molar-refractivity contribution in [2.75, 3.05) is 12.8 Å². The first-order chi connectivity index (χ1) is 10.0. The number of hydrogen-bond acceptors (Lipinski definition) is 4. The third kappa shape index (κ3) is 4.00. The van der Waals surface area contributed by atoms with Crippen molar-refractivity contribution in [1.29, 1.82) is 0 Å². The van der Waals surface area contributed by atoms with E-state index in [2.05, 4.69) is 10.0 Å². The Morgan fingerprint density at radius 2 is 2.10 bits per heavy atom. The average molecular weight is 326 g/mol. The molecule has 3 rings (SSSR count). The van der Waals surface area contributed by atoms with Crippen molar-refractivity contribution < 1.29 is 8.42 Å². The van der Waals surface area contributed by atoms with Crippen molar-refractivity contribution >= 4 is 21.8 Å². The van der Waals surface area contributed by atoms with Crippen LogP contribution < -0.4 is 10.0 Å². The van der Waals surface area contributed by atoms with Gasteiger partial charge in [0.1, 0.15) is 0 Å². The molecule has 0 heterocycles.